The maximum Gasteiger partial charge on any atom is 0.287 e. The van der Waals surface area contributed by atoms with Crippen molar-refractivity contribution in [2.75, 3.05) is 6.54 Å². The van der Waals surface area contributed by atoms with Crippen molar-refractivity contribution < 1.29 is 14.2 Å². The van der Waals surface area contributed by atoms with Crippen molar-refractivity contribution in [1.82, 2.24) is 15.5 Å². The van der Waals surface area contributed by atoms with Gasteiger partial charge in [0.1, 0.15) is 5.02 Å². The highest BCUT2D eigenvalue weighted by Gasteiger charge is 2.15. The van der Waals surface area contributed by atoms with Crippen LogP contribution in [0.3, 0.4) is 0 Å². The number of nitrogens with one attached hydrogen (secondary N) is 1. The van der Waals surface area contributed by atoms with Crippen LogP contribution in [0.15, 0.2) is 22.7 Å². The fourth-order valence-corrected chi connectivity index (χ4v) is 1.87. The molecule has 0 bridgehead atoms. The van der Waals surface area contributed by atoms with Gasteiger partial charge in [-0.3, -0.25) is 14.9 Å². The lowest BCUT2D eigenvalue weighted by molar-refractivity contribution is -0.384. The SMILES string of the molecule is Cc1noc(CCNC(=O)c2ccc([N+](=O)[O-])c(Cl)c2)n1. The van der Waals surface area contributed by atoms with Gasteiger partial charge in [-0.25, -0.2) is 0 Å². The Labute approximate surface area is 124 Å². The van der Waals surface area contributed by atoms with E-state index in [1.54, 1.807) is 6.92 Å². The van der Waals surface area contributed by atoms with Crippen molar-refractivity contribution >= 4 is 23.2 Å². The first kappa shape index (κ1) is 14.9. The number of nitro groups is 1. The van der Waals surface area contributed by atoms with Gasteiger partial charge in [0.05, 0.1) is 4.92 Å². The van der Waals surface area contributed by atoms with E-state index >= 15 is 0 Å². The molecule has 21 heavy (non-hydrogen) atoms. The zero-order valence-electron chi connectivity index (χ0n) is 11.0. The van der Waals surface area contributed by atoms with Gasteiger partial charge < -0.3 is 9.84 Å². The molecule has 2 aromatic rings. The number of nitro benzene ring substituents is 1. The summed E-state index contributed by atoms with van der Waals surface area (Å²) in [6.45, 7) is 2.00. The number of halogens is 1. The van der Waals surface area contributed by atoms with Crippen LogP contribution in [0.25, 0.3) is 0 Å². The number of carbonyl (C=O) groups excluding carboxylic acids is 1. The van der Waals surface area contributed by atoms with E-state index in [1.165, 1.54) is 18.2 Å². The molecule has 1 aromatic heterocycles. The maximum absolute atomic E-state index is 11.9. The number of benzene rings is 1. The van der Waals surface area contributed by atoms with Crippen LogP contribution < -0.4 is 5.32 Å². The van der Waals surface area contributed by atoms with Gasteiger partial charge in [-0.2, -0.15) is 4.98 Å². The Balaban J connectivity index is 1.94. The van der Waals surface area contributed by atoms with E-state index in [0.29, 0.717) is 24.7 Å². The molecule has 110 valence electrons. The number of carbonyl (C=O) groups is 1. The van der Waals surface area contributed by atoms with E-state index in [-0.39, 0.29) is 22.2 Å². The minimum absolute atomic E-state index is 0.0832. The summed E-state index contributed by atoms with van der Waals surface area (Å²) in [7, 11) is 0. The molecule has 0 aliphatic carbocycles. The van der Waals surface area contributed by atoms with Gasteiger partial charge in [0.15, 0.2) is 5.82 Å². The number of aryl methyl sites for hydroxylation is 1. The summed E-state index contributed by atoms with van der Waals surface area (Å²) in [5.74, 6) is 0.566. The lowest BCUT2D eigenvalue weighted by Gasteiger charge is -2.04. The lowest BCUT2D eigenvalue weighted by Crippen LogP contribution is -2.25. The Morgan fingerprint density at radius 3 is 2.86 bits per heavy atom. The highest BCUT2D eigenvalue weighted by Crippen LogP contribution is 2.24. The Kier molecular flexibility index (Phi) is 4.49. The molecule has 0 aliphatic rings. The van der Waals surface area contributed by atoms with Crippen LogP contribution in [0.4, 0.5) is 5.69 Å². The third-order valence-corrected chi connectivity index (χ3v) is 2.90. The Bertz CT molecular complexity index is 686. The summed E-state index contributed by atoms with van der Waals surface area (Å²) in [5, 5.41) is 16.8. The quantitative estimate of drug-likeness (QED) is 0.667. The fraction of sp³-hybridized carbons (Fsp3) is 0.250. The van der Waals surface area contributed by atoms with Gasteiger partial charge in [-0.15, -0.1) is 0 Å². The molecule has 1 amide bonds. The minimum Gasteiger partial charge on any atom is -0.352 e. The van der Waals surface area contributed by atoms with E-state index in [1.807, 2.05) is 0 Å². The lowest BCUT2D eigenvalue weighted by atomic mass is 10.2. The molecule has 1 N–H and O–H groups in total. The van der Waals surface area contributed by atoms with Crippen LogP contribution in [0, 0.1) is 17.0 Å². The summed E-state index contributed by atoms with van der Waals surface area (Å²) in [4.78, 5) is 25.9. The van der Waals surface area contributed by atoms with E-state index in [4.69, 9.17) is 16.1 Å². The van der Waals surface area contributed by atoms with Crippen LogP contribution in [-0.2, 0) is 6.42 Å². The molecular formula is C12H11ClN4O4. The maximum atomic E-state index is 11.9. The zero-order chi connectivity index (χ0) is 15.4. The van der Waals surface area contributed by atoms with Crippen molar-refractivity contribution in [2.45, 2.75) is 13.3 Å². The average molecular weight is 311 g/mol. The number of nitrogens with zero attached hydrogens (tertiary/aromatic N) is 3. The van der Waals surface area contributed by atoms with Crippen molar-refractivity contribution in [3.63, 3.8) is 0 Å². The number of aromatic nitrogens is 2. The molecule has 0 saturated heterocycles. The number of hydrogen-bond acceptors (Lipinski definition) is 6. The second-order valence-electron chi connectivity index (χ2n) is 4.16. The largest absolute Gasteiger partial charge is 0.352 e. The standard InChI is InChI=1S/C12H11ClN4O4/c1-7-15-11(21-16-7)4-5-14-12(18)8-2-3-10(17(19)20)9(13)6-8/h2-3,6H,4-5H2,1H3,(H,14,18). The molecule has 9 heteroatoms. The van der Waals surface area contributed by atoms with E-state index in [0.717, 1.165) is 0 Å². The second kappa shape index (κ2) is 6.31. The molecule has 0 spiro atoms. The molecule has 0 saturated carbocycles. The highest BCUT2D eigenvalue weighted by atomic mass is 35.5. The van der Waals surface area contributed by atoms with Crippen molar-refractivity contribution in [2.24, 2.45) is 0 Å². The predicted molar refractivity (Wildman–Crippen MR) is 73.2 cm³/mol. The molecule has 1 heterocycles. The molecule has 1 aromatic carbocycles. The van der Waals surface area contributed by atoms with Crippen LogP contribution in [0.2, 0.25) is 5.02 Å². The van der Waals surface area contributed by atoms with Gasteiger partial charge in [0.2, 0.25) is 5.89 Å². The average Bonchev–Trinajstić information content (AvgIpc) is 2.83. The first-order valence-electron chi connectivity index (χ1n) is 5.98. The van der Waals surface area contributed by atoms with E-state index < -0.39 is 4.92 Å². The van der Waals surface area contributed by atoms with Crippen molar-refractivity contribution in [3.05, 3.63) is 50.6 Å². The number of hydrogen-bond donors (Lipinski definition) is 1. The summed E-state index contributed by atoms with van der Waals surface area (Å²) in [5.41, 5.74) is 0.00172. The summed E-state index contributed by atoms with van der Waals surface area (Å²) in [6.07, 6.45) is 0.396. The Hall–Kier alpha value is -2.48. The first-order valence-corrected chi connectivity index (χ1v) is 6.36. The van der Waals surface area contributed by atoms with Crippen LogP contribution in [-0.4, -0.2) is 27.5 Å². The third-order valence-electron chi connectivity index (χ3n) is 2.60. The molecule has 0 aliphatic heterocycles. The molecule has 0 unspecified atom stereocenters. The summed E-state index contributed by atoms with van der Waals surface area (Å²) >= 11 is 5.75. The van der Waals surface area contributed by atoms with Crippen LogP contribution in [0.1, 0.15) is 22.1 Å². The van der Waals surface area contributed by atoms with Crippen molar-refractivity contribution in [3.8, 4) is 0 Å². The van der Waals surface area contributed by atoms with Crippen LogP contribution in [0.5, 0.6) is 0 Å². The second-order valence-corrected chi connectivity index (χ2v) is 4.57. The fourth-order valence-electron chi connectivity index (χ4n) is 1.62. The molecular weight excluding hydrogens is 300 g/mol. The molecule has 0 fully saturated rings. The Morgan fingerprint density at radius 2 is 2.29 bits per heavy atom. The van der Waals surface area contributed by atoms with Crippen molar-refractivity contribution in [1.29, 1.82) is 0 Å². The highest BCUT2D eigenvalue weighted by molar-refractivity contribution is 6.33. The molecule has 0 atom stereocenters. The smallest absolute Gasteiger partial charge is 0.287 e. The normalized spacial score (nSPS) is 10.4. The first-order chi connectivity index (χ1) is 9.97. The van der Waals surface area contributed by atoms with Crippen LogP contribution >= 0.6 is 11.6 Å². The number of amides is 1. The predicted octanol–water partition coefficient (Wildman–Crippen LogP) is 1.91. The zero-order valence-corrected chi connectivity index (χ0v) is 11.8. The molecule has 2 rings (SSSR count). The van der Waals surface area contributed by atoms with Gasteiger partial charge in [0, 0.05) is 24.6 Å². The molecule has 8 nitrogen and oxygen atoms in total. The van der Waals surface area contributed by atoms with Gasteiger partial charge in [-0.05, 0) is 19.1 Å². The summed E-state index contributed by atoms with van der Waals surface area (Å²) < 4.78 is 4.90. The minimum atomic E-state index is -0.609. The number of rotatable bonds is 5. The van der Waals surface area contributed by atoms with E-state index in [9.17, 15) is 14.9 Å². The Morgan fingerprint density at radius 1 is 1.52 bits per heavy atom. The monoisotopic (exact) mass is 310 g/mol. The van der Waals surface area contributed by atoms with Gasteiger partial charge in [-0.1, -0.05) is 16.8 Å². The topological polar surface area (TPSA) is 111 Å². The van der Waals surface area contributed by atoms with Gasteiger partial charge >= 0.3 is 0 Å². The summed E-state index contributed by atoms with van der Waals surface area (Å²) in [6, 6.07) is 3.79. The van der Waals surface area contributed by atoms with E-state index in [2.05, 4.69) is 15.5 Å². The molecule has 0 radical (unpaired) electrons. The third kappa shape index (κ3) is 3.76. The van der Waals surface area contributed by atoms with Gasteiger partial charge in [0.25, 0.3) is 11.6 Å².